The molecule has 24 heavy (non-hydrogen) atoms. The van der Waals surface area contributed by atoms with Crippen LogP contribution in [-0.2, 0) is 19.6 Å². The molecule has 1 amide bonds. The molecule has 7 nitrogen and oxygen atoms in total. The fourth-order valence-electron chi connectivity index (χ4n) is 2.80. The Morgan fingerprint density at radius 3 is 2.46 bits per heavy atom. The monoisotopic (exact) mass is 356 g/mol. The summed E-state index contributed by atoms with van der Waals surface area (Å²) >= 11 is 0. The Morgan fingerprint density at radius 1 is 1.33 bits per heavy atom. The van der Waals surface area contributed by atoms with Gasteiger partial charge < -0.3 is 14.7 Å². The Morgan fingerprint density at radius 2 is 1.96 bits per heavy atom. The van der Waals surface area contributed by atoms with Crippen molar-refractivity contribution in [2.45, 2.75) is 26.0 Å². The number of amides is 1. The third-order valence-corrected chi connectivity index (χ3v) is 4.35. The van der Waals surface area contributed by atoms with Crippen molar-refractivity contribution in [3.05, 3.63) is 29.8 Å². The topological polar surface area (TPSA) is 95.9 Å². The van der Waals surface area contributed by atoms with Crippen molar-refractivity contribution in [2.24, 2.45) is 5.92 Å². The third-order valence-electron chi connectivity index (χ3n) is 3.75. The molecule has 8 heteroatoms. The number of aliphatic hydroxyl groups is 1. The molecule has 1 fully saturated rings. The summed E-state index contributed by atoms with van der Waals surface area (Å²) in [6.07, 6.45) is 0.640. The molecule has 1 aromatic carbocycles. The number of carbonyl (C=O) groups is 1. The van der Waals surface area contributed by atoms with Crippen LogP contribution in [0, 0.1) is 5.92 Å². The molecule has 1 saturated heterocycles. The maximum Gasteiger partial charge on any atom is 0.249 e. The van der Waals surface area contributed by atoms with Gasteiger partial charge in [0.15, 0.2) is 0 Å². The Kier molecular flexibility index (Phi) is 5.84. The molecule has 1 aliphatic heterocycles. The number of sulfonamides is 1. The molecule has 1 aliphatic rings. The van der Waals surface area contributed by atoms with E-state index in [0.717, 1.165) is 11.8 Å². The standard InChI is InChI=1S/C16H24N2O5S/c1-11(2)8-18-14(9-19)16(23-10-15(18)20)12-4-6-13(7-5-12)17-24(3,21)22/h4-7,11,14,16-17,19H,8-10H2,1-3H3/t14-,16-/m1/s1. The van der Waals surface area contributed by atoms with Crippen LogP contribution in [0.4, 0.5) is 5.69 Å². The number of hydrogen-bond acceptors (Lipinski definition) is 5. The van der Waals surface area contributed by atoms with Gasteiger partial charge in [0.05, 0.1) is 18.9 Å². The average Bonchev–Trinajstić information content (AvgIpc) is 2.48. The fourth-order valence-corrected chi connectivity index (χ4v) is 3.37. The third kappa shape index (κ3) is 4.68. The fraction of sp³-hybridized carbons (Fsp3) is 0.562. The molecule has 0 saturated carbocycles. The number of aliphatic hydroxyl groups excluding tert-OH is 1. The first-order chi connectivity index (χ1) is 11.2. The van der Waals surface area contributed by atoms with E-state index in [1.807, 2.05) is 13.8 Å². The van der Waals surface area contributed by atoms with Crippen molar-refractivity contribution in [3.63, 3.8) is 0 Å². The second-order valence-electron chi connectivity index (χ2n) is 6.42. The van der Waals surface area contributed by atoms with Gasteiger partial charge in [0.2, 0.25) is 15.9 Å². The van der Waals surface area contributed by atoms with E-state index in [-0.39, 0.29) is 25.0 Å². The van der Waals surface area contributed by atoms with Crippen LogP contribution in [0.3, 0.4) is 0 Å². The van der Waals surface area contributed by atoms with Crippen molar-refractivity contribution in [1.82, 2.24) is 4.90 Å². The summed E-state index contributed by atoms with van der Waals surface area (Å²) < 4.78 is 30.5. The predicted octanol–water partition coefficient (Wildman–Crippen LogP) is 0.975. The molecule has 1 heterocycles. The van der Waals surface area contributed by atoms with E-state index in [4.69, 9.17) is 4.74 Å². The lowest BCUT2D eigenvalue weighted by molar-refractivity contribution is -0.161. The average molecular weight is 356 g/mol. The number of anilines is 1. The van der Waals surface area contributed by atoms with Crippen molar-refractivity contribution in [2.75, 3.05) is 30.7 Å². The molecular formula is C16H24N2O5S. The van der Waals surface area contributed by atoms with Crippen molar-refractivity contribution in [1.29, 1.82) is 0 Å². The zero-order valence-electron chi connectivity index (χ0n) is 14.1. The molecule has 0 bridgehead atoms. The lowest BCUT2D eigenvalue weighted by Crippen LogP contribution is -2.53. The molecule has 2 atom stereocenters. The molecule has 134 valence electrons. The van der Waals surface area contributed by atoms with Gasteiger partial charge in [-0.3, -0.25) is 9.52 Å². The van der Waals surface area contributed by atoms with E-state index in [2.05, 4.69) is 4.72 Å². The van der Waals surface area contributed by atoms with Gasteiger partial charge in [0.1, 0.15) is 12.7 Å². The van der Waals surface area contributed by atoms with E-state index in [9.17, 15) is 18.3 Å². The van der Waals surface area contributed by atoms with Gasteiger partial charge in [-0.05, 0) is 23.6 Å². The van der Waals surface area contributed by atoms with Gasteiger partial charge in [0.25, 0.3) is 0 Å². The number of benzene rings is 1. The highest BCUT2D eigenvalue weighted by atomic mass is 32.2. The molecule has 2 N–H and O–H groups in total. The molecule has 0 aliphatic carbocycles. The minimum atomic E-state index is -3.33. The number of morpholine rings is 1. The maximum atomic E-state index is 12.1. The van der Waals surface area contributed by atoms with Gasteiger partial charge in [-0.2, -0.15) is 0 Å². The Labute approximate surface area is 142 Å². The summed E-state index contributed by atoms with van der Waals surface area (Å²) in [5.74, 6) is 0.150. The minimum Gasteiger partial charge on any atom is -0.394 e. The van der Waals surface area contributed by atoms with Crippen molar-refractivity contribution in [3.8, 4) is 0 Å². The van der Waals surface area contributed by atoms with Crippen molar-refractivity contribution < 1.29 is 23.1 Å². The highest BCUT2D eigenvalue weighted by molar-refractivity contribution is 7.92. The van der Waals surface area contributed by atoms with E-state index >= 15 is 0 Å². The second kappa shape index (κ2) is 7.50. The summed E-state index contributed by atoms with van der Waals surface area (Å²) in [5.41, 5.74) is 1.24. The first-order valence-corrected chi connectivity index (χ1v) is 9.70. The number of nitrogens with zero attached hydrogens (tertiary/aromatic N) is 1. The summed E-state index contributed by atoms with van der Waals surface area (Å²) in [6.45, 7) is 4.34. The highest BCUT2D eigenvalue weighted by Gasteiger charge is 2.37. The summed E-state index contributed by atoms with van der Waals surface area (Å²) in [5, 5.41) is 9.77. The van der Waals surface area contributed by atoms with Crippen LogP contribution in [0.25, 0.3) is 0 Å². The smallest absolute Gasteiger partial charge is 0.249 e. The maximum absolute atomic E-state index is 12.1. The quantitative estimate of drug-likeness (QED) is 0.792. The zero-order valence-corrected chi connectivity index (χ0v) is 14.9. The molecule has 0 unspecified atom stereocenters. The van der Waals surface area contributed by atoms with Crippen LogP contribution in [0.1, 0.15) is 25.5 Å². The van der Waals surface area contributed by atoms with E-state index in [0.29, 0.717) is 12.2 Å². The number of nitrogens with one attached hydrogen (secondary N) is 1. The Hall–Kier alpha value is -1.64. The molecule has 0 radical (unpaired) electrons. The van der Waals surface area contributed by atoms with Crippen LogP contribution in [-0.4, -0.2) is 56.4 Å². The highest BCUT2D eigenvalue weighted by Crippen LogP contribution is 2.30. The summed E-state index contributed by atoms with van der Waals surface area (Å²) in [6, 6.07) is 6.30. The van der Waals surface area contributed by atoms with Crippen LogP contribution < -0.4 is 4.72 Å². The lowest BCUT2D eigenvalue weighted by Gasteiger charge is -2.41. The lowest BCUT2D eigenvalue weighted by atomic mass is 9.98. The first kappa shape index (κ1) is 18.7. The van der Waals surface area contributed by atoms with E-state index in [1.54, 1.807) is 29.2 Å². The van der Waals surface area contributed by atoms with E-state index in [1.165, 1.54) is 0 Å². The summed E-state index contributed by atoms with van der Waals surface area (Å²) in [4.78, 5) is 13.8. The second-order valence-corrected chi connectivity index (χ2v) is 8.17. The molecule has 1 aromatic rings. The molecule has 0 spiro atoms. The zero-order chi connectivity index (χ0) is 17.9. The van der Waals surface area contributed by atoms with Crippen molar-refractivity contribution >= 4 is 21.6 Å². The summed E-state index contributed by atoms with van der Waals surface area (Å²) in [7, 11) is -3.33. The van der Waals surface area contributed by atoms with Crippen LogP contribution in [0.2, 0.25) is 0 Å². The molecule has 2 rings (SSSR count). The molecule has 0 aromatic heterocycles. The number of rotatable bonds is 6. The number of carbonyl (C=O) groups excluding carboxylic acids is 1. The van der Waals surface area contributed by atoms with Gasteiger partial charge in [-0.15, -0.1) is 0 Å². The van der Waals surface area contributed by atoms with Gasteiger partial charge in [-0.25, -0.2) is 8.42 Å². The van der Waals surface area contributed by atoms with Crippen LogP contribution in [0.5, 0.6) is 0 Å². The van der Waals surface area contributed by atoms with E-state index < -0.39 is 22.2 Å². The molecular weight excluding hydrogens is 332 g/mol. The number of hydrogen-bond donors (Lipinski definition) is 2. The predicted molar refractivity (Wildman–Crippen MR) is 91.0 cm³/mol. The van der Waals surface area contributed by atoms with Gasteiger partial charge in [0, 0.05) is 12.2 Å². The number of ether oxygens (including phenoxy) is 1. The van der Waals surface area contributed by atoms with Gasteiger partial charge in [-0.1, -0.05) is 26.0 Å². The van der Waals surface area contributed by atoms with Crippen LogP contribution >= 0.6 is 0 Å². The van der Waals surface area contributed by atoms with Gasteiger partial charge >= 0.3 is 0 Å². The normalized spacial score (nSPS) is 22.0. The first-order valence-electron chi connectivity index (χ1n) is 7.81. The largest absolute Gasteiger partial charge is 0.394 e. The SMILES string of the molecule is CC(C)CN1C(=O)CO[C@H](c2ccc(NS(C)(=O)=O)cc2)[C@H]1CO. The Balaban J connectivity index is 2.21. The minimum absolute atomic E-state index is 0.0305. The van der Waals surface area contributed by atoms with Crippen LogP contribution in [0.15, 0.2) is 24.3 Å². The Bertz CT molecular complexity index is 672.